The van der Waals surface area contributed by atoms with E-state index in [0.717, 1.165) is 45.6 Å². The van der Waals surface area contributed by atoms with Gasteiger partial charge >= 0.3 is 39.0 Å². The van der Waals surface area contributed by atoms with E-state index in [1.807, 2.05) is 109 Å². The quantitative estimate of drug-likeness (QED) is 0.140. The molecule has 9 heterocycles. The zero-order valence-corrected chi connectivity index (χ0v) is 48.1. The summed E-state index contributed by atoms with van der Waals surface area (Å²) in [5.74, 6) is 0.0902. The van der Waals surface area contributed by atoms with Crippen LogP contribution in [0.3, 0.4) is 0 Å². The molecule has 9 aromatic rings. The first-order valence-electron chi connectivity index (χ1n) is 21.1. The molecule has 422 valence electrons. The summed E-state index contributed by atoms with van der Waals surface area (Å²) in [7, 11) is -14.8. The van der Waals surface area contributed by atoms with Gasteiger partial charge in [0.2, 0.25) is 0 Å². The second-order valence-electron chi connectivity index (χ2n) is 14.3. The van der Waals surface area contributed by atoms with Crippen molar-refractivity contribution >= 4 is 11.6 Å². The summed E-state index contributed by atoms with van der Waals surface area (Å²) in [6.07, 6.45) is 10.3. The monoisotopic (exact) mass is 1350 g/mol. The fraction of sp³-hybridized carbons (Fsp3) is 0.0816. The van der Waals surface area contributed by atoms with Crippen molar-refractivity contribution in [1.82, 2.24) is 50.1 Å². The van der Waals surface area contributed by atoms with Crippen molar-refractivity contribution in [2.45, 2.75) is 27.7 Å². The second-order valence-corrected chi connectivity index (χ2v) is 16.6. The first kappa shape index (κ1) is 75.5. The summed E-state index contributed by atoms with van der Waals surface area (Å²) in [5, 5.41) is 20.0. The van der Waals surface area contributed by atoms with Crippen LogP contribution in [0.1, 0.15) is 27.7 Å². The Kier molecular flexibility index (Phi) is 37.6. The first-order chi connectivity index (χ1) is 36.2. The number of carbonyl (C=O) groups is 2. The minimum absolute atomic E-state index is 0. The van der Waals surface area contributed by atoms with Gasteiger partial charge in [-0.1, -0.05) is 54.3 Å². The molecular formula is C49H42Cl4N10O15Ru2. The van der Waals surface area contributed by atoms with Gasteiger partial charge in [-0.25, -0.2) is 65.9 Å². The van der Waals surface area contributed by atoms with Crippen molar-refractivity contribution in [3.05, 3.63) is 183 Å². The van der Waals surface area contributed by atoms with E-state index in [-0.39, 0.29) is 80.1 Å². The second kappa shape index (κ2) is 39.8. The molecule has 0 bridgehead atoms. The molecule has 0 fully saturated rings. The summed E-state index contributed by atoms with van der Waals surface area (Å²) in [4.78, 5) is 53.5. The van der Waals surface area contributed by atoms with Crippen LogP contribution >= 0.6 is 0 Å². The van der Waals surface area contributed by atoms with Crippen molar-refractivity contribution in [1.29, 1.82) is 0 Å². The summed E-state index contributed by atoms with van der Waals surface area (Å²) < 4.78 is 102. The van der Waals surface area contributed by atoms with Crippen LogP contribution in [0, 0.1) is 30.7 Å². The minimum atomic E-state index is -4.94. The maximum atomic E-state index is 12.2. The number of hydrogen-bond donors (Lipinski definition) is 0. The van der Waals surface area contributed by atoms with E-state index in [0.29, 0.717) is 11.4 Å². The predicted octanol–water partition coefficient (Wildman–Crippen LogP) is -8.43. The topological polar surface area (TPSA) is 464 Å². The molecule has 9 aromatic heterocycles. The van der Waals surface area contributed by atoms with Crippen LogP contribution in [0.5, 0.6) is 5.75 Å². The van der Waals surface area contributed by atoms with Gasteiger partial charge in [0.25, 0.3) is 0 Å². The van der Waals surface area contributed by atoms with Crippen LogP contribution in [0.25, 0.3) is 68.3 Å². The fourth-order valence-corrected chi connectivity index (χ4v) is 5.14. The van der Waals surface area contributed by atoms with E-state index in [9.17, 15) is 14.7 Å². The summed E-state index contributed by atoms with van der Waals surface area (Å²) >= 11 is 0. The van der Waals surface area contributed by atoms with Crippen LogP contribution < -0.4 is 78.5 Å². The van der Waals surface area contributed by atoms with E-state index in [1.165, 1.54) is 27.7 Å². The molecule has 0 saturated heterocycles. The maximum Gasteiger partial charge on any atom is 3.00 e. The number of aromatic nitrogens is 10. The van der Waals surface area contributed by atoms with Crippen molar-refractivity contribution in [2.24, 2.45) is 0 Å². The van der Waals surface area contributed by atoms with Gasteiger partial charge in [0.1, 0.15) is 11.6 Å². The Morgan fingerprint density at radius 1 is 0.350 bits per heavy atom. The zero-order chi connectivity index (χ0) is 57.4. The number of hydrogen-bond acceptors (Lipinski definition) is 24. The molecule has 0 aliphatic rings. The summed E-state index contributed by atoms with van der Waals surface area (Å²) in [6, 6.07) is 45.6. The zero-order valence-electron chi connectivity index (χ0n) is 41.6. The molecule has 0 aliphatic carbocycles. The molecule has 0 unspecified atom stereocenters. The molecule has 25 nitrogen and oxygen atoms in total. The van der Waals surface area contributed by atoms with Crippen LogP contribution in [0.2, 0.25) is 0 Å². The molecule has 0 saturated carbocycles. The molecule has 31 heteroatoms. The molecule has 0 aliphatic heterocycles. The third-order valence-corrected chi connectivity index (χ3v) is 7.70. The Morgan fingerprint density at radius 3 is 0.762 bits per heavy atom. The van der Waals surface area contributed by atoms with E-state index in [4.69, 9.17) is 55.9 Å². The van der Waals surface area contributed by atoms with Gasteiger partial charge in [0.15, 0.2) is 0 Å². The molecule has 0 atom stereocenters. The van der Waals surface area contributed by atoms with Gasteiger partial charge in [-0.3, -0.25) is 29.9 Å². The molecular weight excluding hydrogens is 1310 g/mol. The van der Waals surface area contributed by atoms with Crippen LogP contribution in [0.15, 0.2) is 183 Å². The van der Waals surface area contributed by atoms with Crippen LogP contribution in [-0.4, -0.2) is 56.5 Å². The largest absolute Gasteiger partial charge is 3.00 e. The Labute approximate surface area is 495 Å². The Bertz CT molecular complexity index is 2730. The van der Waals surface area contributed by atoms with E-state index in [1.54, 1.807) is 73.6 Å². The number of ketones is 2. The molecule has 0 amide bonds. The standard InChI is InChI=1S/2C15H11N3.C13H9N4O.2C3H6O.3ClHO4.ClH.2Ru/c2*1-3-10-16-12(6-1)14-8-5-9-15(18-14)13-7-2-4-11-17-13;18-13-11(9-5-1-3-7-14-9)16-17-12(13)10-6-2-4-8-15-10;2*1-3(2)4;3*2-1(3,4)5;;;/h2*1-11H;1-8H,(H-,14,15,16,17,18);2*1-2H3;3*(H,2,3,4,5);1H;;/q;;-1;;;;;;;2*+3/p-5. The number of rotatable bonds is 6. The smallest absolute Gasteiger partial charge is 1.00 e. The average molecular weight is 1350 g/mol. The van der Waals surface area contributed by atoms with E-state index >= 15 is 0 Å². The normalized spacial score (nSPS) is 9.85. The third-order valence-electron chi connectivity index (χ3n) is 7.70. The van der Waals surface area contributed by atoms with Crippen molar-refractivity contribution in [3.8, 4) is 74.1 Å². The van der Waals surface area contributed by atoms with Gasteiger partial charge < -0.3 is 37.3 Å². The predicted molar refractivity (Wildman–Crippen MR) is 238 cm³/mol. The molecule has 0 N–H and O–H groups in total. The Hall–Kier alpha value is -6.52. The number of carbonyl (C=O) groups excluding carboxylic acids is 2. The summed E-state index contributed by atoms with van der Waals surface area (Å²) in [6.45, 7) is 6.11. The fourth-order valence-electron chi connectivity index (χ4n) is 5.14. The van der Waals surface area contributed by atoms with Crippen molar-refractivity contribution in [2.75, 3.05) is 0 Å². The number of Topliss-reactive ketones (excluding diaryl/α,β-unsaturated/α-hetero) is 2. The molecule has 2 radical (unpaired) electrons. The van der Waals surface area contributed by atoms with Gasteiger partial charge in [-0.15, -0.1) is 36.4 Å². The van der Waals surface area contributed by atoms with Gasteiger partial charge in [-0.2, -0.15) is 0 Å². The van der Waals surface area contributed by atoms with Gasteiger partial charge in [0, 0.05) is 42.9 Å². The first-order valence-corrected chi connectivity index (χ1v) is 24.8. The molecule has 0 aromatic carbocycles. The van der Waals surface area contributed by atoms with Crippen molar-refractivity contribution < 1.29 is 153 Å². The molecule has 9 rings (SSSR count). The van der Waals surface area contributed by atoms with E-state index in [2.05, 4.69) is 50.1 Å². The molecule has 0 spiro atoms. The van der Waals surface area contributed by atoms with Gasteiger partial charge in [0.05, 0.1) is 56.9 Å². The molecule has 80 heavy (non-hydrogen) atoms. The Morgan fingerprint density at radius 2 is 0.550 bits per heavy atom. The Balaban J connectivity index is 0. The number of halogens is 4. The number of nitrogens with zero attached hydrogens (tertiary/aromatic N) is 10. The summed E-state index contributed by atoms with van der Waals surface area (Å²) in [5.41, 5.74) is 8.49. The van der Waals surface area contributed by atoms with Crippen LogP contribution in [0.4, 0.5) is 0 Å². The van der Waals surface area contributed by atoms with E-state index < -0.39 is 30.7 Å². The van der Waals surface area contributed by atoms with Gasteiger partial charge in [-0.05, 0) is 125 Å². The average Bonchev–Trinajstić information content (AvgIpc) is 3.77. The minimum Gasteiger partial charge on any atom is -1.00 e. The SMILES string of the molecule is CC(C)=O.CC(C)=O.[Cl-].[O-][Cl+3]([O-])([O-])[O-].[O-][Cl+3]([O-])([O-])[O-].[O-][Cl+3]([O-])([O-])[O-].[O-]c1c(-c2ccccn2)n[n-]c1-c1ccccn1.[Ru+3].[Ru+3].c1ccc(-c2cccc(-c3ccccn3)n2)nc1.c1ccc(-c2cccc(-c3ccccn3)n2)nc1. The number of pyridine rings is 8. The third kappa shape index (κ3) is 36.6. The maximum absolute atomic E-state index is 12.2. The van der Waals surface area contributed by atoms with Crippen LogP contribution in [-0.2, 0) is 48.5 Å². The van der Waals surface area contributed by atoms with Crippen molar-refractivity contribution in [3.63, 3.8) is 0 Å².